The van der Waals surface area contributed by atoms with Gasteiger partial charge in [0.05, 0.1) is 11.1 Å². The SMILES string of the molecule is CC1CCCN(C(C)CNc2cc(C(=O)NC3CC3)c3ccccc3n2)C1. The van der Waals surface area contributed by atoms with Gasteiger partial charge < -0.3 is 10.6 Å². The van der Waals surface area contributed by atoms with Crippen LogP contribution < -0.4 is 10.6 Å². The number of anilines is 1. The lowest BCUT2D eigenvalue weighted by Gasteiger charge is -2.35. The van der Waals surface area contributed by atoms with Crippen LogP contribution in [0.5, 0.6) is 0 Å². The number of benzene rings is 1. The van der Waals surface area contributed by atoms with Crippen LogP contribution in [-0.4, -0.2) is 47.5 Å². The Balaban J connectivity index is 1.50. The van der Waals surface area contributed by atoms with Crippen LogP contribution >= 0.6 is 0 Å². The van der Waals surface area contributed by atoms with Gasteiger partial charge in [0.2, 0.25) is 0 Å². The second kappa shape index (κ2) is 7.85. The summed E-state index contributed by atoms with van der Waals surface area (Å²) in [5, 5.41) is 7.50. The smallest absolute Gasteiger partial charge is 0.252 e. The highest BCUT2D eigenvalue weighted by molar-refractivity contribution is 6.07. The third kappa shape index (κ3) is 4.41. The maximum Gasteiger partial charge on any atom is 0.252 e. The lowest BCUT2D eigenvalue weighted by molar-refractivity contribution is 0.0952. The van der Waals surface area contributed by atoms with Gasteiger partial charge in [-0.15, -0.1) is 0 Å². The van der Waals surface area contributed by atoms with E-state index in [9.17, 15) is 4.79 Å². The number of pyridine rings is 1. The quantitative estimate of drug-likeness (QED) is 0.819. The maximum atomic E-state index is 12.7. The van der Waals surface area contributed by atoms with Gasteiger partial charge in [-0.1, -0.05) is 25.1 Å². The molecule has 5 heteroatoms. The zero-order valence-electron chi connectivity index (χ0n) is 16.4. The molecule has 2 fully saturated rings. The molecule has 1 aliphatic carbocycles. The summed E-state index contributed by atoms with van der Waals surface area (Å²) in [6.07, 6.45) is 4.80. The fraction of sp³-hybridized carbons (Fsp3) is 0.545. The topological polar surface area (TPSA) is 57.3 Å². The third-order valence-corrected chi connectivity index (χ3v) is 5.76. The van der Waals surface area contributed by atoms with Crippen molar-refractivity contribution < 1.29 is 4.79 Å². The van der Waals surface area contributed by atoms with E-state index in [2.05, 4.69) is 29.4 Å². The predicted molar refractivity (Wildman–Crippen MR) is 110 cm³/mol. The van der Waals surface area contributed by atoms with Crippen molar-refractivity contribution in [1.82, 2.24) is 15.2 Å². The summed E-state index contributed by atoms with van der Waals surface area (Å²) in [6.45, 7) is 7.78. The molecule has 0 radical (unpaired) electrons. The van der Waals surface area contributed by atoms with Crippen molar-refractivity contribution in [2.24, 2.45) is 5.92 Å². The summed E-state index contributed by atoms with van der Waals surface area (Å²) in [5.74, 6) is 1.57. The van der Waals surface area contributed by atoms with Gasteiger partial charge in [-0.2, -0.15) is 0 Å². The van der Waals surface area contributed by atoms with Crippen molar-refractivity contribution in [2.45, 2.75) is 51.6 Å². The highest BCUT2D eigenvalue weighted by Gasteiger charge is 2.25. The molecule has 2 aromatic rings. The normalized spacial score (nSPS) is 21.8. The number of carbonyl (C=O) groups excluding carboxylic acids is 1. The molecule has 0 spiro atoms. The van der Waals surface area contributed by atoms with Crippen molar-refractivity contribution >= 4 is 22.6 Å². The molecule has 144 valence electrons. The van der Waals surface area contributed by atoms with E-state index in [4.69, 9.17) is 4.98 Å². The average Bonchev–Trinajstić information content (AvgIpc) is 3.49. The Bertz CT molecular complexity index is 817. The van der Waals surface area contributed by atoms with E-state index in [-0.39, 0.29) is 5.91 Å². The van der Waals surface area contributed by atoms with Crippen LogP contribution in [0.25, 0.3) is 10.9 Å². The molecule has 1 aromatic heterocycles. The van der Waals surface area contributed by atoms with E-state index >= 15 is 0 Å². The first kappa shape index (κ1) is 18.2. The van der Waals surface area contributed by atoms with Crippen LogP contribution in [0.2, 0.25) is 0 Å². The lowest BCUT2D eigenvalue weighted by Crippen LogP contribution is -2.43. The predicted octanol–water partition coefficient (Wildman–Crippen LogP) is 3.66. The van der Waals surface area contributed by atoms with E-state index in [1.807, 2.05) is 30.3 Å². The second-order valence-corrected chi connectivity index (χ2v) is 8.29. The monoisotopic (exact) mass is 366 g/mol. The minimum Gasteiger partial charge on any atom is -0.368 e. The van der Waals surface area contributed by atoms with Gasteiger partial charge in [-0.3, -0.25) is 9.69 Å². The van der Waals surface area contributed by atoms with Gasteiger partial charge in [-0.25, -0.2) is 4.98 Å². The minimum absolute atomic E-state index is 0.0112. The first-order valence-corrected chi connectivity index (χ1v) is 10.3. The highest BCUT2D eigenvalue weighted by Crippen LogP contribution is 2.24. The summed E-state index contributed by atoms with van der Waals surface area (Å²) >= 11 is 0. The summed E-state index contributed by atoms with van der Waals surface area (Å²) in [5.41, 5.74) is 1.58. The van der Waals surface area contributed by atoms with Gasteiger partial charge in [0.1, 0.15) is 5.82 Å². The number of piperidine rings is 1. The first-order chi connectivity index (χ1) is 13.1. The van der Waals surface area contributed by atoms with Crippen LogP contribution in [0.1, 0.15) is 49.9 Å². The number of nitrogens with zero attached hydrogens (tertiary/aromatic N) is 2. The van der Waals surface area contributed by atoms with E-state index in [1.54, 1.807) is 0 Å². The molecule has 0 bridgehead atoms. The fourth-order valence-corrected chi connectivity index (χ4v) is 3.95. The van der Waals surface area contributed by atoms with Gasteiger partial charge in [0.25, 0.3) is 5.91 Å². The van der Waals surface area contributed by atoms with Crippen molar-refractivity contribution in [1.29, 1.82) is 0 Å². The number of likely N-dealkylation sites (tertiary alicyclic amines) is 1. The zero-order chi connectivity index (χ0) is 18.8. The van der Waals surface area contributed by atoms with Crippen LogP contribution in [-0.2, 0) is 0 Å². The molecule has 1 saturated heterocycles. The molecule has 2 N–H and O–H groups in total. The average molecular weight is 367 g/mol. The van der Waals surface area contributed by atoms with Crippen molar-refractivity contribution in [3.8, 4) is 0 Å². The molecule has 1 aromatic carbocycles. The van der Waals surface area contributed by atoms with E-state index in [0.29, 0.717) is 17.6 Å². The van der Waals surface area contributed by atoms with Gasteiger partial charge >= 0.3 is 0 Å². The van der Waals surface area contributed by atoms with E-state index < -0.39 is 0 Å². The van der Waals surface area contributed by atoms with Gasteiger partial charge in [-0.05, 0) is 57.2 Å². The molecule has 2 aliphatic rings. The lowest BCUT2D eigenvalue weighted by atomic mass is 9.99. The maximum absolute atomic E-state index is 12.7. The summed E-state index contributed by atoms with van der Waals surface area (Å²) in [7, 11) is 0. The Kier molecular flexibility index (Phi) is 5.30. The van der Waals surface area contributed by atoms with Crippen molar-refractivity contribution in [3.05, 3.63) is 35.9 Å². The van der Waals surface area contributed by atoms with Crippen LogP contribution in [0.15, 0.2) is 30.3 Å². The molecule has 2 atom stereocenters. The molecule has 1 amide bonds. The Morgan fingerprint density at radius 2 is 2.11 bits per heavy atom. The molecule has 27 heavy (non-hydrogen) atoms. The number of para-hydroxylation sites is 1. The van der Waals surface area contributed by atoms with Crippen LogP contribution in [0, 0.1) is 5.92 Å². The molecule has 1 aliphatic heterocycles. The number of aromatic nitrogens is 1. The summed E-state index contributed by atoms with van der Waals surface area (Å²) < 4.78 is 0. The Morgan fingerprint density at radius 1 is 1.30 bits per heavy atom. The Labute approximate surface area is 161 Å². The van der Waals surface area contributed by atoms with Gasteiger partial charge in [0, 0.05) is 30.6 Å². The molecule has 1 saturated carbocycles. The number of hydrogen-bond donors (Lipinski definition) is 2. The number of rotatable bonds is 6. The van der Waals surface area contributed by atoms with Crippen molar-refractivity contribution in [3.63, 3.8) is 0 Å². The third-order valence-electron chi connectivity index (χ3n) is 5.76. The fourth-order valence-electron chi connectivity index (χ4n) is 3.95. The standard InChI is InChI=1S/C22H30N4O/c1-15-6-5-11-26(14-15)16(2)13-23-21-12-19(22(27)24-17-9-10-17)18-7-3-4-8-20(18)25-21/h3-4,7-8,12,15-17H,5-6,9-11,13-14H2,1-2H3,(H,23,25)(H,24,27). The minimum atomic E-state index is 0.0112. The summed E-state index contributed by atoms with van der Waals surface area (Å²) in [6, 6.07) is 10.6. The molecular weight excluding hydrogens is 336 g/mol. The van der Waals surface area contributed by atoms with Gasteiger partial charge in [0.15, 0.2) is 0 Å². The Hall–Kier alpha value is -2.14. The molecular formula is C22H30N4O. The number of nitrogens with one attached hydrogen (secondary N) is 2. The highest BCUT2D eigenvalue weighted by atomic mass is 16.1. The van der Waals surface area contributed by atoms with Crippen LogP contribution in [0.4, 0.5) is 5.82 Å². The first-order valence-electron chi connectivity index (χ1n) is 10.3. The van der Waals surface area contributed by atoms with Crippen LogP contribution in [0.3, 0.4) is 0 Å². The van der Waals surface area contributed by atoms with E-state index in [0.717, 1.165) is 42.0 Å². The van der Waals surface area contributed by atoms with E-state index in [1.165, 1.54) is 25.9 Å². The second-order valence-electron chi connectivity index (χ2n) is 8.29. The van der Waals surface area contributed by atoms with Crippen molar-refractivity contribution in [2.75, 3.05) is 25.0 Å². The largest absolute Gasteiger partial charge is 0.368 e. The number of amides is 1. The molecule has 5 nitrogen and oxygen atoms in total. The number of hydrogen-bond acceptors (Lipinski definition) is 4. The Morgan fingerprint density at radius 3 is 2.89 bits per heavy atom. The molecule has 2 heterocycles. The molecule has 4 rings (SSSR count). The zero-order valence-corrected chi connectivity index (χ0v) is 16.4. The summed E-state index contributed by atoms with van der Waals surface area (Å²) in [4.78, 5) is 20.0. The number of fused-ring (bicyclic) bond motifs is 1. The molecule has 2 unspecified atom stereocenters. The number of carbonyl (C=O) groups is 1.